The van der Waals surface area contributed by atoms with E-state index in [1.165, 1.54) is 13.3 Å². The van der Waals surface area contributed by atoms with Gasteiger partial charge in [-0.15, -0.1) is 0 Å². The Bertz CT molecular complexity index is 829. The first-order valence-electron chi connectivity index (χ1n) is 8.37. The van der Waals surface area contributed by atoms with Gasteiger partial charge in [-0.3, -0.25) is 9.69 Å². The van der Waals surface area contributed by atoms with Gasteiger partial charge in [-0.1, -0.05) is 13.8 Å². The molecule has 1 aromatic heterocycles. The van der Waals surface area contributed by atoms with E-state index in [9.17, 15) is 14.7 Å². The van der Waals surface area contributed by atoms with E-state index < -0.39 is 5.63 Å². The zero-order valence-corrected chi connectivity index (χ0v) is 14.3. The minimum absolute atomic E-state index is 0.0411. The first-order valence-corrected chi connectivity index (χ1v) is 8.37. The third kappa shape index (κ3) is 3.22. The van der Waals surface area contributed by atoms with Crippen LogP contribution in [0.15, 0.2) is 27.4 Å². The van der Waals surface area contributed by atoms with E-state index in [4.69, 9.17) is 4.42 Å². The molecule has 128 valence electrons. The van der Waals surface area contributed by atoms with Crippen molar-refractivity contribution in [1.29, 1.82) is 0 Å². The Morgan fingerprint density at radius 1 is 1.29 bits per heavy atom. The van der Waals surface area contributed by atoms with E-state index in [0.29, 0.717) is 34.9 Å². The Balaban J connectivity index is 2.03. The fourth-order valence-electron chi connectivity index (χ4n) is 3.77. The highest BCUT2D eigenvalue weighted by molar-refractivity contribution is 5.97. The number of aromatic hydroxyl groups is 1. The molecule has 0 aliphatic carbocycles. The Kier molecular flexibility index (Phi) is 4.45. The van der Waals surface area contributed by atoms with Crippen molar-refractivity contribution in [3.05, 3.63) is 39.7 Å². The van der Waals surface area contributed by atoms with Gasteiger partial charge >= 0.3 is 5.63 Å². The molecule has 1 fully saturated rings. The maximum absolute atomic E-state index is 12.1. The van der Waals surface area contributed by atoms with Gasteiger partial charge in [-0.05, 0) is 43.4 Å². The Hall–Kier alpha value is -2.14. The molecule has 2 unspecified atom stereocenters. The van der Waals surface area contributed by atoms with Gasteiger partial charge in [-0.25, -0.2) is 4.79 Å². The molecule has 2 heterocycles. The van der Waals surface area contributed by atoms with Crippen molar-refractivity contribution in [1.82, 2.24) is 4.90 Å². The molecule has 0 amide bonds. The van der Waals surface area contributed by atoms with Gasteiger partial charge in [0.15, 0.2) is 5.78 Å². The van der Waals surface area contributed by atoms with Crippen LogP contribution in [-0.2, 0) is 6.54 Å². The average molecular weight is 329 g/mol. The minimum Gasteiger partial charge on any atom is -0.507 e. The maximum Gasteiger partial charge on any atom is 0.347 e. The monoisotopic (exact) mass is 329 g/mol. The summed E-state index contributed by atoms with van der Waals surface area (Å²) in [6, 6.07) is 4.82. The Morgan fingerprint density at radius 3 is 2.58 bits per heavy atom. The van der Waals surface area contributed by atoms with Crippen LogP contribution < -0.4 is 5.63 Å². The summed E-state index contributed by atoms with van der Waals surface area (Å²) in [4.78, 5) is 25.9. The fraction of sp³-hybridized carbons (Fsp3) is 0.474. The van der Waals surface area contributed by atoms with E-state index in [1.807, 2.05) is 0 Å². The van der Waals surface area contributed by atoms with Crippen LogP contribution in [0, 0.1) is 11.8 Å². The number of rotatable bonds is 3. The lowest BCUT2D eigenvalue weighted by Gasteiger charge is -2.35. The highest BCUT2D eigenvalue weighted by Gasteiger charge is 2.24. The molecule has 0 spiro atoms. The zero-order chi connectivity index (χ0) is 17.4. The summed E-state index contributed by atoms with van der Waals surface area (Å²) >= 11 is 0. The number of likely N-dealkylation sites (tertiary alicyclic amines) is 1. The maximum atomic E-state index is 12.1. The van der Waals surface area contributed by atoms with E-state index in [2.05, 4.69) is 18.7 Å². The molecule has 1 saturated heterocycles. The summed E-state index contributed by atoms with van der Waals surface area (Å²) in [7, 11) is 0. The molecule has 1 aromatic carbocycles. The molecular formula is C19H23NO4. The van der Waals surface area contributed by atoms with Gasteiger partial charge in [0.25, 0.3) is 0 Å². The quantitative estimate of drug-likeness (QED) is 0.692. The number of hydrogen-bond acceptors (Lipinski definition) is 5. The first kappa shape index (κ1) is 16.7. The number of piperidine rings is 1. The number of benzene rings is 1. The lowest BCUT2D eigenvalue weighted by Crippen LogP contribution is -2.38. The predicted octanol–water partition coefficient (Wildman–Crippen LogP) is 3.18. The van der Waals surface area contributed by atoms with Crippen LogP contribution in [0.3, 0.4) is 0 Å². The molecule has 5 heteroatoms. The number of nitrogens with zero attached hydrogens (tertiary/aromatic N) is 1. The van der Waals surface area contributed by atoms with E-state index >= 15 is 0 Å². The Morgan fingerprint density at radius 2 is 1.96 bits per heavy atom. The normalized spacial score (nSPS) is 22.0. The van der Waals surface area contributed by atoms with Gasteiger partial charge in [-0.2, -0.15) is 0 Å². The SMILES string of the molecule is CC(=O)c1cc2ccc(O)c(CN3CC(C)CC(C)C3)c2oc1=O. The van der Waals surface area contributed by atoms with Crippen LogP contribution in [0.2, 0.25) is 0 Å². The van der Waals surface area contributed by atoms with Gasteiger partial charge in [0.05, 0.1) is 5.56 Å². The molecule has 0 saturated carbocycles. The summed E-state index contributed by atoms with van der Waals surface area (Å²) in [5.74, 6) is 0.996. The molecule has 5 nitrogen and oxygen atoms in total. The molecular weight excluding hydrogens is 306 g/mol. The second-order valence-corrected chi connectivity index (χ2v) is 7.13. The van der Waals surface area contributed by atoms with Gasteiger partial charge < -0.3 is 9.52 Å². The number of carbonyl (C=O) groups excluding carboxylic acids is 1. The molecule has 24 heavy (non-hydrogen) atoms. The average Bonchev–Trinajstić information content (AvgIpc) is 2.48. The first-order chi connectivity index (χ1) is 11.3. The van der Waals surface area contributed by atoms with Crippen LogP contribution in [-0.4, -0.2) is 28.9 Å². The fourth-order valence-corrected chi connectivity index (χ4v) is 3.77. The highest BCUT2D eigenvalue weighted by Crippen LogP contribution is 2.30. The minimum atomic E-state index is -0.651. The van der Waals surface area contributed by atoms with Crippen molar-refractivity contribution in [3.63, 3.8) is 0 Å². The van der Waals surface area contributed by atoms with Crippen molar-refractivity contribution in [3.8, 4) is 5.75 Å². The number of carbonyl (C=O) groups is 1. The smallest absolute Gasteiger partial charge is 0.347 e. The van der Waals surface area contributed by atoms with Gasteiger partial charge in [0.2, 0.25) is 0 Å². The van der Waals surface area contributed by atoms with Crippen LogP contribution in [0.5, 0.6) is 5.75 Å². The molecule has 1 aliphatic rings. The van der Waals surface area contributed by atoms with Crippen molar-refractivity contribution in [2.24, 2.45) is 11.8 Å². The van der Waals surface area contributed by atoms with Crippen molar-refractivity contribution >= 4 is 16.8 Å². The molecule has 3 rings (SSSR count). The van der Waals surface area contributed by atoms with E-state index in [1.54, 1.807) is 18.2 Å². The number of hydrogen-bond donors (Lipinski definition) is 1. The number of Topliss-reactive ketones (excluding diaryl/α,β-unsaturated/α-hetero) is 1. The number of ketones is 1. The zero-order valence-electron chi connectivity index (χ0n) is 14.3. The van der Waals surface area contributed by atoms with Gasteiger partial charge in [0, 0.05) is 25.0 Å². The lowest BCUT2D eigenvalue weighted by atomic mass is 9.91. The Labute approximate surface area is 140 Å². The second kappa shape index (κ2) is 6.40. The van der Waals surface area contributed by atoms with Gasteiger partial charge in [0.1, 0.15) is 16.9 Å². The molecule has 0 bridgehead atoms. The summed E-state index contributed by atoms with van der Waals surface area (Å²) < 4.78 is 5.40. The third-order valence-electron chi connectivity index (χ3n) is 4.69. The van der Waals surface area contributed by atoms with Crippen molar-refractivity contribution in [2.75, 3.05) is 13.1 Å². The summed E-state index contributed by atoms with van der Waals surface area (Å²) in [6.45, 7) is 8.23. The van der Waals surface area contributed by atoms with Crippen molar-refractivity contribution < 1.29 is 14.3 Å². The summed E-state index contributed by atoms with van der Waals surface area (Å²) in [5, 5.41) is 10.9. The molecule has 2 atom stereocenters. The van der Waals surface area contributed by atoms with E-state index in [0.717, 1.165) is 13.1 Å². The molecule has 0 radical (unpaired) electrons. The summed E-state index contributed by atoms with van der Waals surface area (Å²) in [5.41, 5.74) is 0.374. The van der Waals surface area contributed by atoms with Crippen LogP contribution in [0.25, 0.3) is 11.0 Å². The molecule has 2 aromatic rings. The van der Waals surface area contributed by atoms with Crippen LogP contribution >= 0.6 is 0 Å². The van der Waals surface area contributed by atoms with Crippen LogP contribution in [0.1, 0.15) is 43.1 Å². The predicted molar refractivity (Wildman–Crippen MR) is 92.4 cm³/mol. The van der Waals surface area contributed by atoms with Crippen molar-refractivity contribution in [2.45, 2.75) is 33.7 Å². The largest absolute Gasteiger partial charge is 0.507 e. The topological polar surface area (TPSA) is 70.8 Å². The lowest BCUT2D eigenvalue weighted by molar-refractivity contribution is 0.101. The number of phenols is 1. The molecule has 1 aliphatic heterocycles. The standard InChI is InChI=1S/C19H23NO4/c1-11-6-12(2)9-20(8-11)10-16-17(22)5-4-14-7-15(13(3)21)19(23)24-18(14)16/h4-5,7,11-12,22H,6,8-10H2,1-3H3. The second-order valence-electron chi connectivity index (χ2n) is 7.13. The summed E-state index contributed by atoms with van der Waals surface area (Å²) in [6.07, 6.45) is 1.20. The van der Waals surface area contributed by atoms with E-state index in [-0.39, 0.29) is 17.1 Å². The third-order valence-corrected chi connectivity index (χ3v) is 4.69. The molecule has 1 N–H and O–H groups in total. The number of fused-ring (bicyclic) bond motifs is 1. The highest BCUT2D eigenvalue weighted by atomic mass is 16.4. The number of phenolic OH excluding ortho intramolecular Hbond substituents is 1. The van der Waals surface area contributed by atoms with Crippen LogP contribution in [0.4, 0.5) is 0 Å².